The lowest BCUT2D eigenvalue weighted by molar-refractivity contribution is -0.125. The van der Waals surface area contributed by atoms with Gasteiger partial charge in [0.15, 0.2) is 5.17 Å². The summed E-state index contributed by atoms with van der Waals surface area (Å²) in [6.45, 7) is 0.411. The van der Waals surface area contributed by atoms with Gasteiger partial charge in [-0.15, -0.1) is 0 Å². The highest BCUT2D eigenvalue weighted by molar-refractivity contribution is 8.15. The number of carbonyl (C=O) groups is 2. The first-order chi connectivity index (χ1) is 13.6. The first-order valence-corrected chi connectivity index (χ1v) is 9.56. The normalized spacial score (nSPS) is 17.7. The minimum Gasteiger partial charge on any atom is -0.497 e. The lowest BCUT2D eigenvalue weighted by Gasteiger charge is -2.22. The van der Waals surface area contributed by atoms with Gasteiger partial charge in [0.05, 0.1) is 19.5 Å². The van der Waals surface area contributed by atoms with Crippen LogP contribution in [0, 0.1) is 0 Å². The Morgan fingerprint density at radius 1 is 1.21 bits per heavy atom. The Morgan fingerprint density at radius 2 is 2.00 bits per heavy atom. The Hall–Kier alpha value is -3.00. The molecule has 2 amide bonds. The van der Waals surface area contributed by atoms with Crippen molar-refractivity contribution in [3.05, 3.63) is 54.1 Å². The molecule has 28 heavy (non-hydrogen) atoms. The van der Waals surface area contributed by atoms with Crippen molar-refractivity contribution in [1.29, 1.82) is 0 Å². The second-order valence-corrected chi connectivity index (χ2v) is 7.21. The molecule has 1 atom stereocenters. The molecule has 8 heteroatoms. The van der Waals surface area contributed by atoms with Crippen molar-refractivity contribution in [2.24, 2.45) is 4.99 Å². The minimum absolute atomic E-state index is 0.0968. The Kier molecular flexibility index (Phi) is 6.54. The number of hydrogen-bond acceptors (Lipinski definition) is 6. The van der Waals surface area contributed by atoms with Crippen LogP contribution >= 0.6 is 11.8 Å². The van der Waals surface area contributed by atoms with Crippen molar-refractivity contribution in [2.45, 2.75) is 18.2 Å². The van der Waals surface area contributed by atoms with Gasteiger partial charge in [-0.05, 0) is 17.7 Å². The molecule has 0 bridgehead atoms. The third-order valence-electron chi connectivity index (χ3n) is 4.08. The molecule has 0 spiro atoms. The average Bonchev–Trinajstić information content (AvgIpc) is 2.72. The Morgan fingerprint density at radius 3 is 2.71 bits per heavy atom. The fraction of sp³-hybridized carbons (Fsp3) is 0.250. The number of aliphatic imine (C=N–C) groups is 1. The highest BCUT2D eigenvalue weighted by atomic mass is 32.2. The molecule has 2 aromatic rings. The lowest BCUT2D eigenvalue weighted by atomic mass is 10.2. The van der Waals surface area contributed by atoms with Crippen LogP contribution in [0.15, 0.2) is 53.5 Å². The number of thioether (sulfide) groups is 1. The molecule has 0 aliphatic carbocycles. The second kappa shape index (κ2) is 9.27. The number of hydrogen-bond donors (Lipinski definition) is 2. The maximum absolute atomic E-state index is 12.5. The summed E-state index contributed by atoms with van der Waals surface area (Å²) in [6.07, 6.45) is 0.0968. The molecule has 1 aliphatic rings. The van der Waals surface area contributed by atoms with Crippen LogP contribution in [0.3, 0.4) is 0 Å². The van der Waals surface area contributed by atoms with Gasteiger partial charge in [0.2, 0.25) is 11.8 Å². The van der Waals surface area contributed by atoms with Gasteiger partial charge in [-0.1, -0.05) is 42.1 Å². The first kappa shape index (κ1) is 19.8. The van der Waals surface area contributed by atoms with E-state index in [0.717, 1.165) is 5.56 Å². The van der Waals surface area contributed by atoms with E-state index in [9.17, 15) is 9.59 Å². The van der Waals surface area contributed by atoms with Gasteiger partial charge < -0.3 is 20.1 Å². The smallest absolute Gasteiger partial charge is 0.234 e. The van der Waals surface area contributed by atoms with Crippen LogP contribution in [-0.4, -0.2) is 36.5 Å². The fourth-order valence-corrected chi connectivity index (χ4v) is 3.66. The number of amides is 2. The zero-order chi connectivity index (χ0) is 19.9. The summed E-state index contributed by atoms with van der Waals surface area (Å²) < 4.78 is 10.5. The zero-order valence-electron chi connectivity index (χ0n) is 15.6. The van der Waals surface area contributed by atoms with E-state index < -0.39 is 5.25 Å². The molecule has 146 valence electrons. The number of ether oxygens (including phenoxy) is 2. The van der Waals surface area contributed by atoms with E-state index in [1.807, 2.05) is 30.3 Å². The topological polar surface area (TPSA) is 89.0 Å². The van der Waals surface area contributed by atoms with Crippen LogP contribution in [0.25, 0.3) is 0 Å². The summed E-state index contributed by atoms with van der Waals surface area (Å²) in [5, 5.41) is 5.39. The van der Waals surface area contributed by atoms with Crippen LogP contribution in [0.5, 0.6) is 11.5 Å². The van der Waals surface area contributed by atoms with E-state index in [-0.39, 0.29) is 18.2 Å². The molecule has 1 saturated heterocycles. The average molecular weight is 399 g/mol. The van der Waals surface area contributed by atoms with Crippen molar-refractivity contribution in [3.63, 3.8) is 0 Å². The van der Waals surface area contributed by atoms with Gasteiger partial charge in [0.1, 0.15) is 17.2 Å². The quantitative estimate of drug-likeness (QED) is 0.780. The number of nitrogens with one attached hydrogen (secondary N) is 2. The van der Waals surface area contributed by atoms with Gasteiger partial charge in [-0.2, -0.15) is 0 Å². The number of rotatable bonds is 6. The molecule has 1 heterocycles. The molecule has 0 saturated carbocycles. The molecule has 2 N–H and O–H groups in total. The number of carbonyl (C=O) groups excluding carboxylic acids is 2. The van der Waals surface area contributed by atoms with Crippen molar-refractivity contribution < 1.29 is 19.1 Å². The summed E-state index contributed by atoms with van der Waals surface area (Å²) >= 11 is 1.22. The molecule has 0 radical (unpaired) electrons. The Labute approximate surface area is 167 Å². The molecule has 2 aromatic carbocycles. The zero-order valence-corrected chi connectivity index (χ0v) is 16.4. The third-order valence-corrected chi connectivity index (χ3v) is 5.16. The van der Waals surface area contributed by atoms with Crippen LogP contribution in [0.1, 0.15) is 12.0 Å². The van der Waals surface area contributed by atoms with Crippen LogP contribution < -0.4 is 20.1 Å². The SMILES string of the molecule is COc1ccc(OC)c(N=C2NC(=O)CC(C(=O)NCc3ccccc3)S2)c1. The number of methoxy groups -OCH3 is 2. The van der Waals surface area contributed by atoms with Gasteiger partial charge in [-0.25, -0.2) is 4.99 Å². The molecule has 7 nitrogen and oxygen atoms in total. The predicted octanol–water partition coefficient (Wildman–Crippen LogP) is 2.63. The van der Waals surface area contributed by atoms with Gasteiger partial charge in [-0.3, -0.25) is 9.59 Å². The Bertz CT molecular complexity index is 886. The van der Waals surface area contributed by atoms with Crippen molar-refractivity contribution in [3.8, 4) is 11.5 Å². The molecule has 1 unspecified atom stereocenters. The predicted molar refractivity (Wildman–Crippen MR) is 109 cm³/mol. The van der Waals surface area contributed by atoms with Crippen LogP contribution in [0.2, 0.25) is 0 Å². The lowest BCUT2D eigenvalue weighted by Crippen LogP contribution is -2.43. The van der Waals surface area contributed by atoms with Crippen molar-refractivity contribution in [2.75, 3.05) is 14.2 Å². The van der Waals surface area contributed by atoms with E-state index in [2.05, 4.69) is 15.6 Å². The van der Waals surface area contributed by atoms with E-state index in [1.54, 1.807) is 25.3 Å². The minimum atomic E-state index is -0.548. The van der Waals surface area contributed by atoms with Crippen molar-refractivity contribution >= 4 is 34.4 Å². The maximum atomic E-state index is 12.5. The van der Waals surface area contributed by atoms with E-state index in [4.69, 9.17) is 9.47 Å². The Balaban J connectivity index is 1.72. The number of nitrogens with zero attached hydrogens (tertiary/aromatic N) is 1. The summed E-state index contributed by atoms with van der Waals surface area (Å²) in [5.41, 5.74) is 1.51. The summed E-state index contributed by atoms with van der Waals surface area (Å²) in [5.74, 6) is 0.705. The number of benzene rings is 2. The fourth-order valence-electron chi connectivity index (χ4n) is 2.64. The summed E-state index contributed by atoms with van der Waals surface area (Å²) in [4.78, 5) is 29.1. The summed E-state index contributed by atoms with van der Waals surface area (Å²) in [6, 6.07) is 14.8. The van der Waals surface area contributed by atoms with Gasteiger partial charge >= 0.3 is 0 Å². The molecule has 3 rings (SSSR count). The largest absolute Gasteiger partial charge is 0.497 e. The molecule has 1 aliphatic heterocycles. The van der Waals surface area contributed by atoms with E-state index in [0.29, 0.717) is 28.9 Å². The van der Waals surface area contributed by atoms with Crippen molar-refractivity contribution in [1.82, 2.24) is 10.6 Å². The third kappa shape index (κ3) is 5.04. The molecule has 0 aromatic heterocycles. The maximum Gasteiger partial charge on any atom is 0.234 e. The van der Waals surface area contributed by atoms with E-state index >= 15 is 0 Å². The monoisotopic (exact) mass is 399 g/mol. The molecular weight excluding hydrogens is 378 g/mol. The molecule has 1 fully saturated rings. The second-order valence-electron chi connectivity index (χ2n) is 6.02. The van der Waals surface area contributed by atoms with Crippen LogP contribution in [-0.2, 0) is 16.1 Å². The van der Waals surface area contributed by atoms with E-state index in [1.165, 1.54) is 18.9 Å². The van der Waals surface area contributed by atoms with Gasteiger partial charge in [0.25, 0.3) is 0 Å². The summed E-state index contributed by atoms with van der Waals surface area (Å²) in [7, 11) is 3.10. The first-order valence-electron chi connectivity index (χ1n) is 8.68. The number of amidine groups is 1. The highest BCUT2D eigenvalue weighted by Gasteiger charge is 2.30. The highest BCUT2D eigenvalue weighted by Crippen LogP contribution is 2.33. The standard InChI is InChI=1S/C20H21N3O4S/c1-26-14-8-9-16(27-2)15(10-14)22-20-23-18(24)11-17(28-20)19(25)21-12-13-6-4-3-5-7-13/h3-10,17H,11-12H2,1-2H3,(H,21,25)(H,22,23,24). The van der Waals surface area contributed by atoms with Crippen LogP contribution in [0.4, 0.5) is 5.69 Å². The molecular formula is C20H21N3O4S. The van der Waals surface area contributed by atoms with Gasteiger partial charge in [0, 0.05) is 19.0 Å².